The molecule has 2 rings (SSSR count). The van der Waals surface area contributed by atoms with Gasteiger partial charge in [-0.15, -0.1) is 0 Å². The minimum atomic E-state index is -0.468. The second kappa shape index (κ2) is 6.88. The predicted molar refractivity (Wildman–Crippen MR) is 97.5 cm³/mol. The molecular weight excluding hydrogens is 302 g/mol. The molecule has 1 atom stereocenters. The van der Waals surface area contributed by atoms with Gasteiger partial charge in [-0.1, -0.05) is 25.1 Å². The first-order chi connectivity index (χ1) is 11.2. The first-order valence-corrected chi connectivity index (χ1v) is 8.52. The molecule has 1 aromatic rings. The zero-order valence-electron chi connectivity index (χ0n) is 15.7. The maximum atomic E-state index is 12.2. The third-order valence-corrected chi connectivity index (χ3v) is 4.61. The topological polar surface area (TPSA) is 38.8 Å². The zero-order chi connectivity index (χ0) is 18.0. The van der Waals surface area contributed by atoms with Crippen molar-refractivity contribution in [2.75, 3.05) is 20.7 Å². The van der Waals surface area contributed by atoms with E-state index in [0.29, 0.717) is 6.54 Å². The number of fused-ring (bicyclic) bond motifs is 1. The number of hydrogen-bond acceptors (Lipinski definition) is 3. The van der Waals surface area contributed by atoms with E-state index in [4.69, 9.17) is 9.47 Å². The number of carbonyl (C=O) groups excluding carboxylic acids is 1. The van der Waals surface area contributed by atoms with E-state index in [0.717, 1.165) is 18.6 Å². The number of allylic oxidation sites excluding steroid dienone is 1. The number of ether oxygens (including phenoxy) is 2. The molecule has 0 fully saturated rings. The van der Waals surface area contributed by atoms with Crippen molar-refractivity contribution < 1.29 is 14.3 Å². The predicted octanol–water partition coefficient (Wildman–Crippen LogP) is 4.63. The molecule has 1 amide bonds. The Balaban J connectivity index is 2.09. The summed E-state index contributed by atoms with van der Waals surface area (Å²) in [6.07, 6.45) is 6.01. The summed E-state index contributed by atoms with van der Waals surface area (Å²) in [5, 5.41) is 0. The van der Waals surface area contributed by atoms with Gasteiger partial charge in [0, 0.05) is 19.0 Å². The van der Waals surface area contributed by atoms with Crippen molar-refractivity contribution >= 4 is 12.2 Å². The Hall–Kier alpha value is -1.97. The highest BCUT2D eigenvalue weighted by Gasteiger charge is 2.34. The van der Waals surface area contributed by atoms with Gasteiger partial charge in [-0.25, -0.2) is 4.79 Å². The van der Waals surface area contributed by atoms with E-state index in [-0.39, 0.29) is 11.5 Å². The fourth-order valence-corrected chi connectivity index (χ4v) is 3.10. The summed E-state index contributed by atoms with van der Waals surface area (Å²) in [7, 11) is 3.48. The fraction of sp³-hybridized carbons (Fsp3) is 0.550. The van der Waals surface area contributed by atoms with Crippen molar-refractivity contribution in [3.8, 4) is 5.75 Å². The van der Waals surface area contributed by atoms with Gasteiger partial charge < -0.3 is 14.4 Å². The highest BCUT2D eigenvalue weighted by Crippen LogP contribution is 2.42. The molecular formula is C20H29NO3. The molecule has 0 saturated heterocycles. The van der Waals surface area contributed by atoms with Crippen LogP contribution in [0.4, 0.5) is 4.79 Å². The molecule has 4 nitrogen and oxygen atoms in total. The van der Waals surface area contributed by atoms with Crippen LogP contribution in [0.5, 0.6) is 5.75 Å². The Morgan fingerprint density at radius 3 is 2.58 bits per heavy atom. The third-order valence-electron chi connectivity index (χ3n) is 4.61. The molecule has 4 heteroatoms. The van der Waals surface area contributed by atoms with Crippen LogP contribution in [0.2, 0.25) is 0 Å². The highest BCUT2D eigenvalue weighted by atomic mass is 16.6. The van der Waals surface area contributed by atoms with Crippen LogP contribution in [0, 0.1) is 0 Å². The van der Waals surface area contributed by atoms with Crippen molar-refractivity contribution in [3.05, 3.63) is 35.4 Å². The molecule has 0 radical (unpaired) electrons. The lowest BCUT2D eigenvalue weighted by molar-refractivity contribution is 0.0290. The Kier molecular flexibility index (Phi) is 5.26. The third kappa shape index (κ3) is 3.92. The molecule has 0 aliphatic heterocycles. The first kappa shape index (κ1) is 18.4. The molecule has 0 saturated carbocycles. The van der Waals surface area contributed by atoms with E-state index >= 15 is 0 Å². The SMILES string of the molecule is CCC1(CCN(C)C(=O)OC(C)(C)C)C=Cc2cc(OC)ccc21. The van der Waals surface area contributed by atoms with Gasteiger partial charge in [0.25, 0.3) is 0 Å². The number of benzene rings is 1. The molecule has 1 aliphatic rings. The summed E-state index contributed by atoms with van der Waals surface area (Å²) >= 11 is 0. The Labute approximate surface area is 145 Å². The quantitative estimate of drug-likeness (QED) is 0.790. The summed E-state index contributed by atoms with van der Waals surface area (Å²) in [6, 6.07) is 6.22. The second-order valence-corrected chi connectivity index (χ2v) is 7.45. The summed E-state index contributed by atoms with van der Waals surface area (Å²) in [5.41, 5.74) is 2.02. The van der Waals surface area contributed by atoms with Gasteiger partial charge in [-0.2, -0.15) is 0 Å². The molecule has 0 spiro atoms. The van der Waals surface area contributed by atoms with E-state index in [2.05, 4.69) is 31.2 Å². The molecule has 0 heterocycles. The summed E-state index contributed by atoms with van der Waals surface area (Å²) in [6.45, 7) is 8.50. The second-order valence-electron chi connectivity index (χ2n) is 7.45. The van der Waals surface area contributed by atoms with Crippen molar-refractivity contribution in [2.24, 2.45) is 0 Å². The van der Waals surface area contributed by atoms with E-state index in [1.54, 1.807) is 19.1 Å². The van der Waals surface area contributed by atoms with Crippen molar-refractivity contribution in [1.82, 2.24) is 4.90 Å². The molecule has 1 unspecified atom stereocenters. The number of carbonyl (C=O) groups is 1. The highest BCUT2D eigenvalue weighted by molar-refractivity contribution is 5.68. The van der Waals surface area contributed by atoms with Crippen LogP contribution < -0.4 is 4.74 Å². The van der Waals surface area contributed by atoms with Crippen molar-refractivity contribution in [3.63, 3.8) is 0 Å². The van der Waals surface area contributed by atoms with Gasteiger partial charge in [-0.3, -0.25) is 0 Å². The van der Waals surface area contributed by atoms with Gasteiger partial charge in [-0.05, 0) is 56.9 Å². The van der Waals surface area contributed by atoms with Crippen molar-refractivity contribution in [2.45, 2.75) is 51.6 Å². The average molecular weight is 331 g/mol. The van der Waals surface area contributed by atoms with E-state index in [1.165, 1.54) is 11.1 Å². The van der Waals surface area contributed by atoms with Gasteiger partial charge >= 0.3 is 6.09 Å². The number of nitrogens with zero attached hydrogens (tertiary/aromatic N) is 1. The normalized spacial score (nSPS) is 19.1. The van der Waals surface area contributed by atoms with Gasteiger partial charge in [0.2, 0.25) is 0 Å². The van der Waals surface area contributed by atoms with Gasteiger partial charge in [0.05, 0.1) is 7.11 Å². The molecule has 1 aromatic carbocycles. The largest absolute Gasteiger partial charge is 0.497 e. The van der Waals surface area contributed by atoms with Crippen LogP contribution >= 0.6 is 0 Å². The molecule has 132 valence electrons. The summed E-state index contributed by atoms with van der Waals surface area (Å²) in [5.74, 6) is 0.871. The van der Waals surface area contributed by atoms with Crippen LogP contribution in [-0.4, -0.2) is 37.3 Å². The lowest BCUT2D eigenvalue weighted by atomic mass is 9.77. The zero-order valence-corrected chi connectivity index (χ0v) is 15.7. The van der Waals surface area contributed by atoms with Crippen molar-refractivity contribution in [1.29, 1.82) is 0 Å². The average Bonchev–Trinajstić information content (AvgIpc) is 2.89. The van der Waals surface area contributed by atoms with Crippen LogP contribution in [0.3, 0.4) is 0 Å². The lowest BCUT2D eigenvalue weighted by Gasteiger charge is -2.31. The Bertz CT molecular complexity index is 630. The maximum absolute atomic E-state index is 12.2. The van der Waals surface area contributed by atoms with E-state index in [1.807, 2.05) is 26.8 Å². The molecule has 24 heavy (non-hydrogen) atoms. The van der Waals surface area contributed by atoms with E-state index in [9.17, 15) is 4.79 Å². The van der Waals surface area contributed by atoms with Crippen LogP contribution in [0.1, 0.15) is 51.7 Å². The molecule has 0 aromatic heterocycles. The minimum Gasteiger partial charge on any atom is -0.497 e. The standard InChI is InChI=1S/C20H29NO3/c1-7-20(12-13-21(5)18(22)24-19(2,3)4)11-10-15-14-16(23-6)8-9-17(15)20/h8-11,14H,7,12-13H2,1-6H3. The molecule has 0 N–H and O–H groups in total. The van der Waals surface area contributed by atoms with Gasteiger partial charge in [0.1, 0.15) is 11.4 Å². The van der Waals surface area contributed by atoms with Crippen LogP contribution in [-0.2, 0) is 10.2 Å². The number of hydrogen-bond donors (Lipinski definition) is 0. The fourth-order valence-electron chi connectivity index (χ4n) is 3.10. The first-order valence-electron chi connectivity index (χ1n) is 8.52. The Morgan fingerprint density at radius 1 is 1.29 bits per heavy atom. The summed E-state index contributed by atoms with van der Waals surface area (Å²) in [4.78, 5) is 13.8. The van der Waals surface area contributed by atoms with Gasteiger partial charge in [0.15, 0.2) is 0 Å². The molecule has 1 aliphatic carbocycles. The number of amides is 1. The summed E-state index contributed by atoms with van der Waals surface area (Å²) < 4.78 is 10.7. The maximum Gasteiger partial charge on any atom is 0.410 e. The molecule has 0 bridgehead atoms. The smallest absolute Gasteiger partial charge is 0.410 e. The minimum absolute atomic E-state index is 0.0299. The number of rotatable bonds is 5. The Morgan fingerprint density at radius 2 is 2.00 bits per heavy atom. The lowest BCUT2D eigenvalue weighted by Crippen LogP contribution is -2.37. The van der Waals surface area contributed by atoms with Crippen LogP contribution in [0.15, 0.2) is 24.3 Å². The van der Waals surface area contributed by atoms with E-state index < -0.39 is 5.60 Å². The van der Waals surface area contributed by atoms with Crippen LogP contribution in [0.25, 0.3) is 6.08 Å². The monoisotopic (exact) mass is 331 g/mol. The number of methoxy groups -OCH3 is 1.